The lowest BCUT2D eigenvalue weighted by atomic mass is 10.00. The van der Waals surface area contributed by atoms with Crippen molar-refractivity contribution in [1.82, 2.24) is 10.2 Å². The average molecular weight is 318 g/mol. The third-order valence-corrected chi connectivity index (χ3v) is 4.70. The van der Waals surface area contributed by atoms with Crippen LogP contribution in [-0.2, 0) is 0 Å². The van der Waals surface area contributed by atoms with E-state index in [1.165, 1.54) is 24.3 Å². The Kier molecular flexibility index (Phi) is 3.41. The number of hydrogen-bond acceptors (Lipinski definition) is 3. The molecule has 0 saturated carbocycles. The molecule has 23 heavy (non-hydrogen) atoms. The molecule has 0 radical (unpaired) electrons. The number of amides is 1. The van der Waals surface area contributed by atoms with Crippen molar-refractivity contribution in [3.8, 4) is 11.3 Å². The summed E-state index contributed by atoms with van der Waals surface area (Å²) in [5.41, 5.74) is 0.00934. The quantitative estimate of drug-likeness (QED) is 0.946. The number of piperidine rings is 1. The molecule has 0 aliphatic carbocycles. The Morgan fingerprint density at radius 2 is 2.09 bits per heavy atom. The zero-order valence-electron chi connectivity index (χ0n) is 12.4. The van der Waals surface area contributed by atoms with E-state index in [0.29, 0.717) is 5.92 Å². The lowest BCUT2D eigenvalue weighted by Crippen LogP contribution is -2.43. The first-order valence-electron chi connectivity index (χ1n) is 7.69. The Bertz CT molecular complexity index is 759. The van der Waals surface area contributed by atoms with Gasteiger partial charge in [-0.05, 0) is 43.1 Å². The highest BCUT2D eigenvalue weighted by Crippen LogP contribution is 2.29. The Morgan fingerprint density at radius 1 is 1.22 bits per heavy atom. The molecule has 2 bridgehead atoms. The van der Waals surface area contributed by atoms with Gasteiger partial charge in [0, 0.05) is 19.1 Å². The minimum absolute atomic E-state index is 0.00934. The largest absolute Gasteiger partial charge is 0.451 e. The van der Waals surface area contributed by atoms with E-state index in [1.807, 2.05) is 0 Å². The molecule has 6 heteroatoms. The monoisotopic (exact) mass is 318 g/mol. The molecular formula is C17H16F2N2O2. The van der Waals surface area contributed by atoms with Gasteiger partial charge in [0.2, 0.25) is 0 Å². The van der Waals surface area contributed by atoms with Crippen molar-refractivity contribution in [3.63, 3.8) is 0 Å². The van der Waals surface area contributed by atoms with Crippen molar-refractivity contribution in [2.24, 2.45) is 5.92 Å². The van der Waals surface area contributed by atoms with E-state index in [0.717, 1.165) is 32.1 Å². The molecule has 2 aromatic rings. The van der Waals surface area contributed by atoms with Crippen LogP contribution in [0.2, 0.25) is 0 Å². The fourth-order valence-electron chi connectivity index (χ4n) is 3.49. The lowest BCUT2D eigenvalue weighted by molar-refractivity contribution is 0.0897. The van der Waals surface area contributed by atoms with Crippen molar-refractivity contribution in [2.45, 2.75) is 12.5 Å². The van der Waals surface area contributed by atoms with Crippen LogP contribution in [0.25, 0.3) is 11.3 Å². The number of halogens is 2. The second-order valence-electron chi connectivity index (χ2n) is 6.15. The Morgan fingerprint density at radius 3 is 2.83 bits per heavy atom. The molecule has 3 heterocycles. The van der Waals surface area contributed by atoms with Gasteiger partial charge in [-0.15, -0.1) is 0 Å². The van der Waals surface area contributed by atoms with E-state index in [1.54, 1.807) is 0 Å². The molecule has 1 amide bonds. The van der Waals surface area contributed by atoms with E-state index >= 15 is 0 Å². The van der Waals surface area contributed by atoms with Gasteiger partial charge < -0.3 is 14.6 Å². The third-order valence-electron chi connectivity index (χ3n) is 4.70. The van der Waals surface area contributed by atoms with Crippen molar-refractivity contribution >= 4 is 5.91 Å². The number of hydrogen-bond donors (Lipinski definition) is 1. The summed E-state index contributed by atoms with van der Waals surface area (Å²) in [5.74, 6) is -1.48. The lowest BCUT2D eigenvalue weighted by Gasteiger charge is -2.22. The Labute approximate surface area is 132 Å². The normalized spacial score (nSPS) is 25.7. The summed E-state index contributed by atoms with van der Waals surface area (Å²) in [7, 11) is 0. The van der Waals surface area contributed by atoms with Crippen LogP contribution >= 0.6 is 0 Å². The highest BCUT2D eigenvalue weighted by Gasteiger charge is 2.38. The Balaban J connectivity index is 1.51. The number of nitrogens with one attached hydrogen (secondary N) is 1. The molecule has 1 aromatic heterocycles. The van der Waals surface area contributed by atoms with Gasteiger partial charge in [-0.2, -0.15) is 0 Å². The molecule has 2 saturated heterocycles. The summed E-state index contributed by atoms with van der Waals surface area (Å²) < 4.78 is 32.5. The summed E-state index contributed by atoms with van der Waals surface area (Å²) in [6.45, 7) is 2.99. The highest BCUT2D eigenvalue weighted by atomic mass is 19.2. The van der Waals surface area contributed by atoms with Crippen LogP contribution in [0.5, 0.6) is 0 Å². The van der Waals surface area contributed by atoms with Gasteiger partial charge in [0.1, 0.15) is 5.76 Å². The van der Waals surface area contributed by atoms with E-state index in [-0.39, 0.29) is 29.0 Å². The van der Waals surface area contributed by atoms with E-state index in [4.69, 9.17) is 4.42 Å². The van der Waals surface area contributed by atoms with Gasteiger partial charge in [0.05, 0.1) is 5.56 Å². The van der Waals surface area contributed by atoms with Crippen molar-refractivity contribution in [1.29, 1.82) is 0 Å². The molecule has 4 rings (SSSR count). The summed E-state index contributed by atoms with van der Waals surface area (Å²) in [4.78, 5) is 14.6. The molecule has 1 aromatic carbocycles. The van der Waals surface area contributed by atoms with Crippen molar-refractivity contribution in [3.05, 3.63) is 47.7 Å². The van der Waals surface area contributed by atoms with E-state index in [9.17, 15) is 13.6 Å². The van der Waals surface area contributed by atoms with Gasteiger partial charge in [-0.1, -0.05) is 6.07 Å². The predicted octanol–water partition coefficient (Wildman–Crippen LogP) is 2.66. The minimum Gasteiger partial charge on any atom is -0.451 e. The molecular weight excluding hydrogens is 302 g/mol. The van der Waals surface area contributed by atoms with Gasteiger partial charge in [0.15, 0.2) is 17.4 Å². The van der Waals surface area contributed by atoms with E-state index in [2.05, 4.69) is 10.2 Å². The van der Waals surface area contributed by atoms with Gasteiger partial charge >= 0.3 is 0 Å². The number of furan rings is 1. The number of benzene rings is 1. The number of carbonyl (C=O) groups is 1. The maximum Gasteiger partial charge on any atom is 0.287 e. The van der Waals surface area contributed by atoms with Crippen LogP contribution in [0.15, 0.2) is 34.7 Å². The van der Waals surface area contributed by atoms with Crippen LogP contribution in [0.1, 0.15) is 17.0 Å². The summed E-state index contributed by atoms with van der Waals surface area (Å²) in [6.07, 6.45) is 1.10. The third kappa shape index (κ3) is 2.53. The summed E-state index contributed by atoms with van der Waals surface area (Å²) in [5, 5.41) is 2.98. The first kappa shape index (κ1) is 14.4. The molecule has 0 spiro atoms. The molecule has 2 aliphatic rings. The van der Waals surface area contributed by atoms with Gasteiger partial charge in [0.25, 0.3) is 5.91 Å². The summed E-state index contributed by atoms with van der Waals surface area (Å²) >= 11 is 0. The average Bonchev–Trinajstić information content (AvgIpc) is 3.25. The van der Waals surface area contributed by atoms with Crippen molar-refractivity contribution < 1.29 is 18.0 Å². The van der Waals surface area contributed by atoms with Gasteiger partial charge in [-0.3, -0.25) is 4.79 Å². The predicted molar refractivity (Wildman–Crippen MR) is 79.9 cm³/mol. The van der Waals surface area contributed by atoms with Crippen molar-refractivity contribution in [2.75, 3.05) is 19.6 Å². The Hall–Kier alpha value is -2.21. The molecule has 2 aliphatic heterocycles. The molecule has 2 unspecified atom stereocenters. The smallest absolute Gasteiger partial charge is 0.287 e. The van der Waals surface area contributed by atoms with Crippen LogP contribution < -0.4 is 5.32 Å². The highest BCUT2D eigenvalue weighted by molar-refractivity contribution is 5.92. The second-order valence-corrected chi connectivity index (χ2v) is 6.15. The SMILES string of the molecule is O=C(NC1CN2CC[C@H]1C2)c1ccc(-c2cccc(F)c2F)o1. The standard InChI is InChI=1S/C17H16F2N2O2/c18-12-3-1-2-11(16(12)19)14-4-5-15(23-14)17(22)20-13-9-21-7-6-10(13)8-21/h1-5,10,13H,6-9H2,(H,20,22)/t10-,13?/m0/s1. The topological polar surface area (TPSA) is 45.5 Å². The molecule has 3 atom stereocenters. The van der Waals surface area contributed by atoms with Gasteiger partial charge in [-0.25, -0.2) is 8.78 Å². The second kappa shape index (κ2) is 5.45. The zero-order chi connectivity index (χ0) is 16.0. The minimum atomic E-state index is -0.977. The summed E-state index contributed by atoms with van der Waals surface area (Å²) in [6, 6.07) is 6.97. The first-order valence-corrected chi connectivity index (χ1v) is 7.69. The first-order chi connectivity index (χ1) is 11.1. The van der Waals surface area contributed by atoms with E-state index < -0.39 is 11.6 Å². The zero-order valence-corrected chi connectivity index (χ0v) is 12.4. The van der Waals surface area contributed by atoms with Crippen LogP contribution in [0.4, 0.5) is 8.78 Å². The van der Waals surface area contributed by atoms with Crippen LogP contribution in [0.3, 0.4) is 0 Å². The number of carbonyl (C=O) groups excluding carboxylic acids is 1. The number of fused-ring (bicyclic) bond motifs is 2. The maximum atomic E-state index is 13.8. The fraction of sp³-hybridized carbons (Fsp3) is 0.353. The van der Waals surface area contributed by atoms with Crippen LogP contribution in [-0.4, -0.2) is 36.5 Å². The molecule has 1 N–H and O–H groups in total. The number of nitrogens with zero attached hydrogens (tertiary/aromatic N) is 1. The molecule has 120 valence electrons. The van der Waals surface area contributed by atoms with Crippen LogP contribution in [0, 0.1) is 17.6 Å². The molecule has 4 nitrogen and oxygen atoms in total. The number of rotatable bonds is 3. The molecule has 2 fully saturated rings. The maximum absolute atomic E-state index is 13.8. The fourth-order valence-corrected chi connectivity index (χ4v) is 3.49.